The van der Waals surface area contributed by atoms with Crippen LogP contribution >= 0.6 is 22.9 Å². The van der Waals surface area contributed by atoms with Crippen molar-refractivity contribution >= 4 is 38.9 Å². The minimum absolute atomic E-state index is 0.00150. The van der Waals surface area contributed by atoms with E-state index in [2.05, 4.69) is 5.32 Å². The molecule has 204 valence electrons. The number of ether oxygens (including phenoxy) is 1. The number of benzene rings is 2. The highest BCUT2D eigenvalue weighted by Crippen LogP contribution is 2.33. The normalized spacial score (nSPS) is 16.5. The van der Waals surface area contributed by atoms with E-state index in [0.717, 1.165) is 52.0 Å². The summed E-state index contributed by atoms with van der Waals surface area (Å²) >= 11 is 6.72. The molecule has 1 fully saturated rings. The van der Waals surface area contributed by atoms with Gasteiger partial charge in [0.1, 0.15) is 16.9 Å². The standard InChI is InChI=1S/C24H20ClF5N2O4S2/c25-19-9-10-20(37-19)38(34,35)32-11-1-2-18(32)23(33)31-12-15-5-8-17(26)22(21(15)27)36-13-14-3-6-16(7-4-14)24(28,29)30/h3-10,18H,1-2,11-13H2,(H,31,33)/t18-/m0/s1. The van der Waals surface area contributed by atoms with Crippen molar-refractivity contribution in [2.75, 3.05) is 6.54 Å². The summed E-state index contributed by atoms with van der Waals surface area (Å²) in [5.74, 6) is -3.53. The zero-order valence-electron chi connectivity index (χ0n) is 19.4. The van der Waals surface area contributed by atoms with Crippen LogP contribution in [0.15, 0.2) is 52.7 Å². The third kappa shape index (κ3) is 6.11. The van der Waals surface area contributed by atoms with E-state index in [9.17, 15) is 35.2 Å². The lowest BCUT2D eigenvalue weighted by molar-refractivity contribution is -0.137. The Morgan fingerprint density at radius 3 is 2.45 bits per heavy atom. The van der Waals surface area contributed by atoms with Crippen molar-refractivity contribution in [1.82, 2.24) is 9.62 Å². The van der Waals surface area contributed by atoms with Crippen LogP contribution in [0.5, 0.6) is 5.75 Å². The fourth-order valence-electron chi connectivity index (χ4n) is 3.93. The van der Waals surface area contributed by atoms with E-state index < -0.39 is 57.7 Å². The third-order valence-electron chi connectivity index (χ3n) is 5.86. The van der Waals surface area contributed by atoms with Crippen LogP contribution in [0.4, 0.5) is 22.0 Å². The molecule has 1 aliphatic heterocycles. The summed E-state index contributed by atoms with van der Waals surface area (Å²) in [5, 5.41) is 2.49. The molecule has 0 radical (unpaired) electrons. The Morgan fingerprint density at radius 2 is 1.82 bits per heavy atom. The second-order valence-corrected chi connectivity index (χ2v) is 12.2. The summed E-state index contributed by atoms with van der Waals surface area (Å²) < 4.78 is 99.8. The molecule has 1 aliphatic rings. The van der Waals surface area contributed by atoms with Crippen LogP contribution in [-0.4, -0.2) is 31.2 Å². The Hall–Kier alpha value is -2.74. The van der Waals surface area contributed by atoms with Gasteiger partial charge in [0.2, 0.25) is 5.91 Å². The molecule has 0 saturated carbocycles. The van der Waals surface area contributed by atoms with Gasteiger partial charge in [-0.15, -0.1) is 11.3 Å². The number of carbonyl (C=O) groups excluding carboxylic acids is 1. The van der Waals surface area contributed by atoms with Crippen molar-refractivity contribution in [3.8, 4) is 5.75 Å². The number of alkyl halides is 3. The lowest BCUT2D eigenvalue weighted by Gasteiger charge is -2.22. The van der Waals surface area contributed by atoms with Gasteiger partial charge in [0.05, 0.1) is 9.90 Å². The van der Waals surface area contributed by atoms with Gasteiger partial charge in [-0.3, -0.25) is 4.79 Å². The van der Waals surface area contributed by atoms with Gasteiger partial charge in [-0.1, -0.05) is 29.8 Å². The summed E-state index contributed by atoms with van der Waals surface area (Å²) in [6.45, 7) is -0.650. The van der Waals surface area contributed by atoms with Gasteiger partial charge in [0.15, 0.2) is 17.4 Å². The topological polar surface area (TPSA) is 75.7 Å². The van der Waals surface area contributed by atoms with Crippen LogP contribution in [0.1, 0.15) is 29.5 Å². The van der Waals surface area contributed by atoms with E-state index in [1.807, 2.05) is 0 Å². The van der Waals surface area contributed by atoms with E-state index in [4.69, 9.17) is 16.3 Å². The Labute approximate surface area is 224 Å². The van der Waals surface area contributed by atoms with Gasteiger partial charge in [-0.2, -0.15) is 17.5 Å². The van der Waals surface area contributed by atoms with E-state index in [-0.39, 0.29) is 39.2 Å². The number of hydrogen-bond acceptors (Lipinski definition) is 5. The Balaban J connectivity index is 1.42. The number of rotatable bonds is 8. The molecular formula is C24H20ClF5N2O4S2. The maximum Gasteiger partial charge on any atom is 0.416 e. The summed E-state index contributed by atoms with van der Waals surface area (Å²) in [6.07, 6.45) is -3.81. The average molecular weight is 595 g/mol. The molecule has 38 heavy (non-hydrogen) atoms. The summed E-state index contributed by atoms with van der Waals surface area (Å²) in [7, 11) is -3.96. The van der Waals surface area contributed by atoms with Gasteiger partial charge in [0, 0.05) is 18.7 Å². The van der Waals surface area contributed by atoms with Gasteiger partial charge in [-0.25, -0.2) is 17.2 Å². The van der Waals surface area contributed by atoms with Crippen molar-refractivity contribution in [2.24, 2.45) is 0 Å². The number of carbonyl (C=O) groups is 1. The van der Waals surface area contributed by atoms with Crippen LogP contribution in [-0.2, 0) is 34.1 Å². The molecule has 0 unspecified atom stereocenters. The van der Waals surface area contributed by atoms with Crippen LogP contribution in [0, 0.1) is 11.6 Å². The lowest BCUT2D eigenvalue weighted by Crippen LogP contribution is -2.45. The second kappa shape index (κ2) is 11.2. The molecule has 0 aliphatic carbocycles. The first-order chi connectivity index (χ1) is 17.9. The number of hydrogen-bond donors (Lipinski definition) is 1. The van der Waals surface area contributed by atoms with Gasteiger partial charge in [-0.05, 0) is 48.7 Å². The van der Waals surface area contributed by atoms with E-state index in [1.165, 1.54) is 12.1 Å². The number of nitrogens with one attached hydrogen (secondary N) is 1. The number of halogens is 6. The van der Waals surface area contributed by atoms with Crippen molar-refractivity contribution in [3.63, 3.8) is 0 Å². The van der Waals surface area contributed by atoms with Crippen molar-refractivity contribution < 1.29 is 39.9 Å². The Bertz CT molecular complexity index is 1430. The predicted octanol–water partition coefficient (Wildman–Crippen LogP) is 5.75. The zero-order valence-corrected chi connectivity index (χ0v) is 21.8. The quantitative estimate of drug-likeness (QED) is 0.337. The number of thiophene rings is 1. The van der Waals surface area contributed by atoms with Crippen LogP contribution in [0.25, 0.3) is 0 Å². The predicted molar refractivity (Wildman–Crippen MR) is 130 cm³/mol. The van der Waals surface area contributed by atoms with E-state index >= 15 is 0 Å². The van der Waals surface area contributed by atoms with E-state index in [1.54, 1.807) is 0 Å². The molecule has 14 heteroatoms. The smallest absolute Gasteiger partial charge is 0.416 e. The van der Waals surface area contributed by atoms with Gasteiger partial charge >= 0.3 is 6.18 Å². The summed E-state index contributed by atoms with van der Waals surface area (Å²) in [6, 6.07) is 7.75. The second-order valence-electron chi connectivity index (χ2n) is 8.38. The van der Waals surface area contributed by atoms with Crippen molar-refractivity contribution in [3.05, 3.63) is 81.2 Å². The largest absolute Gasteiger partial charge is 0.483 e. The highest BCUT2D eigenvalue weighted by molar-refractivity contribution is 7.91. The maximum absolute atomic E-state index is 15.0. The van der Waals surface area contributed by atoms with Gasteiger partial charge < -0.3 is 10.1 Å². The highest BCUT2D eigenvalue weighted by Gasteiger charge is 2.40. The van der Waals surface area contributed by atoms with Crippen molar-refractivity contribution in [2.45, 2.75) is 42.4 Å². The molecule has 1 aromatic heterocycles. The van der Waals surface area contributed by atoms with Crippen molar-refractivity contribution in [1.29, 1.82) is 0 Å². The van der Waals surface area contributed by atoms with Crippen LogP contribution in [0.2, 0.25) is 4.34 Å². The molecule has 3 aromatic rings. The molecule has 4 rings (SSSR count). The first-order valence-corrected chi connectivity index (χ1v) is 13.8. The summed E-state index contributed by atoms with van der Waals surface area (Å²) in [4.78, 5) is 12.8. The van der Waals surface area contributed by atoms with Gasteiger partial charge in [0.25, 0.3) is 10.0 Å². The highest BCUT2D eigenvalue weighted by atomic mass is 35.5. The van der Waals surface area contributed by atoms with E-state index in [0.29, 0.717) is 6.42 Å². The monoisotopic (exact) mass is 594 g/mol. The number of amides is 1. The van der Waals surface area contributed by atoms with Crippen LogP contribution < -0.4 is 10.1 Å². The molecule has 6 nitrogen and oxygen atoms in total. The third-order valence-corrected chi connectivity index (χ3v) is 9.47. The molecule has 1 atom stereocenters. The Morgan fingerprint density at radius 1 is 1.11 bits per heavy atom. The molecule has 1 N–H and O–H groups in total. The number of nitrogens with zero attached hydrogens (tertiary/aromatic N) is 1. The molecule has 1 amide bonds. The first kappa shape index (κ1) is 28.3. The zero-order chi connectivity index (χ0) is 27.7. The minimum atomic E-state index is -4.52. The molecule has 2 heterocycles. The molecule has 1 saturated heterocycles. The summed E-state index contributed by atoms with van der Waals surface area (Å²) in [5.41, 5.74) is -0.742. The number of sulfonamides is 1. The molecule has 0 bridgehead atoms. The van der Waals surface area contributed by atoms with Crippen LogP contribution in [0.3, 0.4) is 0 Å². The first-order valence-electron chi connectivity index (χ1n) is 11.2. The fourth-order valence-corrected chi connectivity index (χ4v) is 7.20. The fraction of sp³-hybridized carbons (Fsp3) is 0.292. The SMILES string of the molecule is O=C(NCc1ccc(F)c(OCc2ccc(C(F)(F)F)cc2)c1F)[C@@H]1CCCN1S(=O)(=O)c1ccc(Cl)s1. The Kier molecular flexibility index (Phi) is 8.31. The molecule has 0 spiro atoms. The molecular weight excluding hydrogens is 575 g/mol. The maximum atomic E-state index is 15.0. The lowest BCUT2D eigenvalue weighted by atomic mass is 10.1. The molecule has 2 aromatic carbocycles. The average Bonchev–Trinajstić information content (AvgIpc) is 3.53. The minimum Gasteiger partial charge on any atom is -0.483 e.